The van der Waals surface area contributed by atoms with Crippen LogP contribution in [0.2, 0.25) is 0 Å². The van der Waals surface area contributed by atoms with Crippen LogP contribution in [0.5, 0.6) is 5.75 Å². The summed E-state index contributed by atoms with van der Waals surface area (Å²) in [6, 6.07) is 4.26. The smallest absolute Gasteiger partial charge is 0.324 e. The molecule has 11 nitrogen and oxygen atoms in total. The van der Waals surface area contributed by atoms with Gasteiger partial charge in [-0.2, -0.15) is 0 Å². The van der Waals surface area contributed by atoms with Crippen LogP contribution in [0.25, 0.3) is 0 Å². The lowest BCUT2D eigenvalue weighted by Gasteiger charge is -2.35. The molecule has 1 saturated heterocycles. The number of nitrogens with zero attached hydrogens (tertiary/aromatic N) is 1. The van der Waals surface area contributed by atoms with Crippen molar-refractivity contribution in [2.45, 2.75) is 103 Å². The minimum atomic E-state index is -0.945. The van der Waals surface area contributed by atoms with Crippen molar-refractivity contribution in [3.8, 4) is 5.75 Å². The maximum atomic E-state index is 13.9. The average Bonchev–Trinajstić information content (AvgIpc) is 3.01. The summed E-state index contributed by atoms with van der Waals surface area (Å²) in [4.78, 5) is 53.7. The average molecular weight is 615 g/mol. The fraction of sp³-hybridized carbons (Fsp3) is 0.636. The summed E-state index contributed by atoms with van der Waals surface area (Å²) in [6.45, 7) is 6.14. The van der Waals surface area contributed by atoms with Crippen LogP contribution in [0.4, 0.5) is 0 Å². The zero-order chi connectivity index (χ0) is 32.1. The Morgan fingerprint density at radius 1 is 1.02 bits per heavy atom. The van der Waals surface area contributed by atoms with Crippen LogP contribution in [0, 0.1) is 11.8 Å². The normalized spacial score (nSPS) is 27.8. The first kappa shape index (κ1) is 35.0. The van der Waals surface area contributed by atoms with Crippen molar-refractivity contribution in [1.29, 1.82) is 0 Å². The van der Waals surface area contributed by atoms with Crippen LogP contribution in [-0.2, 0) is 35.1 Å². The second-order valence-electron chi connectivity index (χ2n) is 12.1. The van der Waals surface area contributed by atoms with Crippen molar-refractivity contribution in [3.05, 3.63) is 42.0 Å². The molecule has 2 heterocycles. The Bertz CT molecular complexity index is 1140. The van der Waals surface area contributed by atoms with Crippen LogP contribution in [0.1, 0.15) is 77.7 Å². The number of cyclic esters (lactones) is 1. The van der Waals surface area contributed by atoms with Gasteiger partial charge >= 0.3 is 5.97 Å². The molecule has 2 aliphatic heterocycles. The number of aromatic hydroxyl groups is 1. The highest BCUT2D eigenvalue weighted by atomic mass is 16.5. The lowest BCUT2D eigenvalue weighted by atomic mass is 9.96. The number of amides is 3. The van der Waals surface area contributed by atoms with Gasteiger partial charge in [0, 0.05) is 13.7 Å². The lowest BCUT2D eigenvalue weighted by molar-refractivity contribution is -0.153. The van der Waals surface area contributed by atoms with E-state index in [4.69, 9.17) is 9.47 Å². The number of rotatable bonds is 5. The molecule has 5 atom stereocenters. The Balaban J connectivity index is 1.85. The molecule has 1 aromatic rings. The van der Waals surface area contributed by atoms with E-state index in [0.717, 1.165) is 31.2 Å². The van der Waals surface area contributed by atoms with E-state index in [9.17, 15) is 24.3 Å². The third kappa shape index (κ3) is 10.6. The number of ether oxygens (including phenoxy) is 2. The van der Waals surface area contributed by atoms with Crippen molar-refractivity contribution in [2.24, 2.45) is 11.8 Å². The van der Waals surface area contributed by atoms with E-state index in [1.807, 2.05) is 19.9 Å². The first-order valence-electron chi connectivity index (χ1n) is 15.9. The Hall–Kier alpha value is -3.44. The van der Waals surface area contributed by atoms with E-state index in [2.05, 4.69) is 28.2 Å². The van der Waals surface area contributed by atoms with Gasteiger partial charge in [0.2, 0.25) is 11.8 Å². The number of allylic oxidation sites excluding steroid dienone is 2. The maximum Gasteiger partial charge on any atom is 0.324 e. The first-order valence-corrected chi connectivity index (χ1v) is 15.9. The molecule has 1 fully saturated rings. The van der Waals surface area contributed by atoms with Gasteiger partial charge in [-0.05, 0) is 81.4 Å². The van der Waals surface area contributed by atoms with Crippen molar-refractivity contribution >= 4 is 23.7 Å². The molecule has 3 rings (SSSR count). The van der Waals surface area contributed by atoms with Crippen LogP contribution in [0.15, 0.2) is 36.4 Å². The molecule has 11 heteroatoms. The van der Waals surface area contributed by atoms with Gasteiger partial charge in [-0.15, -0.1) is 0 Å². The van der Waals surface area contributed by atoms with Crippen LogP contribution >= 0.6 is 0 Å². The van der Waals surface area contributed by atoms with E-state index in [1.165, 1.54) is 5.01 Å². The molecule has 2 bridgehead atoms. The molecule has 0 spiro atoms. The van der Waals surface area contributed by atoms with Gasteiger partial charge in [-0.3, -0.25) is 24.2 Å². The number of phenolic OH excluding ortho intramolecular Hbond substituents is 1. The number of fused-ring (bicyclic) bond motifs is 2. The standard InChI is InChI=1S/C33H50N4O7/c1-22(2)29-31(40)34-26(18-17-24-13-11-14-25(38)21-24)32(41)37-19-12-15-27(36-37)33(42)44-20-10-8-6-5-7-9-16-28(43-4)23(3)30(39)35-29/h5,7,11,13-14,21-23,26-29,36,38H,6,8-10,12,15-20H2,1-4H3,(H,34,40)(H,35,39)/b7-5+/t23-,26+,27+,28-,29+/m1/s1. The zero-order valence-electron chi connectivity index (χ0n) is 26.6. The van der Waals surface area contributed by atoms with Gasteiger partial charge in [-0.25, -0.2) is 5.43 Å². The minimum Gasteiger partial charge on any atom is -0.508 e. The number of methoxy groups -OCH3 is 1. The highest BCUT2D eigenvalue weighted by Crippen LogP contribution is 2.18. The number of hydrogen-bond donors (Lipinski definition) is 4. The van der Waals surface area contributed by atoms with Gasteiger partial charge in [-0.1, -0.05) is 45.1 Å². The predicted molar refractivity (Wildman–Crippen MR) is 166 cm³/mol. The maximum absolute atomic E-state index is 13.9. The highest BCUT2D eigenvalue weighted by Gasteiger charge is 2.35. The number of esters is 1. The summed E-state index contributed by atoms with van der Waals surface area (Å²) in [5.41, 5.74) is 3.83. The SMILES string of the molecule is CO[C@@H]1CC/C=C/CCCCOC(=O)[C@@H]2CCCN(N2)C(=O)[C@H](CCc2cccc(O)c2)NC(=O)[C@H](C(C)C)NC(=O)[C@@H]1C. The summed E-state index contributed by atoms with van der Waals surface area (Å²) in [5, 5.41) is 17.1. The number of phenols is 1. The van der Waals surface area contributed by atoms with Crippen LogP contribution in [-0.4, -0.2) is 78.3 Å². The van der Waals surface area contributed by atoms with Crippen molar-refractivity contribution in [3.63, 3.8) is 0 Å². The highest BCUT2D eigenvalue weighted by molar-refractivity contribution is 5.92. The molecular weight excluding hydrogens is 564 g/mol. The Labute approximate surface area is 261 Å². The summed E-state index contributed by atoms with van der Waals surface area (Å²) in [6.07, 6.45) is 9.46. The van der Waals surface area contributed by atoms with Gasteiger partial charge in [0.1, 0.15) is 23.9 Å². The summed E-state index contributed by atoms with van der Waals surface area (Å²) in [7, 11) is 1.58. The third-order valence-corrected chi connectivity index (χ3v) is 8.30. The first-order chi connectivity index (χ1) is 21.1. The molecule has 44 heavy (non-hydrogen) atoms. The molecule has 1 aromatic carbocycles. The molecule has 0 unspecified atom stereocenters. The number of nitrogens with one attached hydrogen (secondary N) is 3. The van der Waals surface area contributed by atoms with E-state index in [0.29, 0.717) is 38.8 Å². The number of carbonyl (C=O) groups is 4. The predicted octanol–water partition coefficient (Wildman–Crippen LogP) is 3.16. The van der Waals surface area contributed by atoms with Gasteiger partial charge in [0.15, 0.2) is 0 Å². The van der Waals surface area contributed by atoms with Crippen molar-refractivity contribution in [1.82, 2.24) is 21.1 Å². The molecule has 2 aliphatic rings. The Morgan fingerprint density at radius 3 is 2.52 bits per heavy atom. The van der Waals surface area contributed by atoms with E-state index in [1.54, 1.807) is 32.2 Å². The van der Waals surface area contributed by atoms with E-state index in [-0.39, 0.29) is 36.0 Å². The van der Waals surface area contributed by atoms with Gasteiger partial charge < -0.3 is 25.2 Å². The van der Waals surface area contributed by atoms with Crippen LogP contribution < -0.4 is 16.1 Å². The zero-order valence-corrected chi connectivity index (χ0v) is 26.6. The van der Waals surface area contributed by atoms with Gasteiger partial charge in [0.05, 0.1) is 18.6 Å². The second kappa shape index (κ2) is 17.8. The quantitative estimate of drug-likeness (QED) is 0.292. The van der Waals surface area contributed by atoms with E-state index < -0.39 is 35.9 Å². The molecule has 0 radical (unpaired) electrons. The van der Waals surface area contributed by atoms with Crippen molar-refractivity contribution < 1.29 is 33.8 Å². The summed E-state index contributed by atoms with van der Waals surface area (Å²) in [5.74, 6) is -2.18. The van der Waals surface area contributed by atoms with Crippen LogP contribution in [0.3, 0.4) is 0 Å². The fourth-order valence-electron chi connectivity index (χ4n) is 5.54. The van der Waals surface area contributed by atoms with Gasteiger partial charge in [0.25, 0.3) is 5.91 Å². The van der Waals surface area contributed by atoms with E-state index >= 15 is 0 Å². The second-order valence-corrected chi connectivity index (χ2v) is 12.1. The molecule has 3 amide bonds. The van der Waals surface area contributed by atoms with Crippen molar-refractivity contribution in [2.75, 3.05) is 20.3 Å². The Morgan fingerprint density at radius 2 is 1.80 bits per heavy atom. The lowest BCUT2D eigenvalue weighted by Crippen LogP contribution is -2.61. The monoisotopic (exact) mass is 614 g/mol. The number of benzene rings is 1. The molecular formula is C33H50N4O7. The molecule has 0 aromatic heterocycles. The Kier molecular flexibility index (Phi) is 14.1. The summed E-state index contributed by atoms with van der Waals surface area (Å²) >= 11 is 0. The number of carbonyl (C=O) groups excluding carboxylic acids is 4. The minimum absolute atomic E-state index is 0.113. The molecule has 0 aliphatic carbocycles. The third-order valence-electron chi connectivity index (χ3n) is 8.30. The molecule has 4 N–H and O–H groups in total. The number of hydrazine groups is 1. The number of hydrogen-bond acceptors (Lipinski definition) is 8. The molecule has 0 saturated carbocycles. The summed E-state index contributed by atoms with van der Waals surface area (Å²) < 4.78 is 11.1. The number of aryl methyl sites for hydroxylation is 1. The largest absolute Gasteiger partial charge is 0.508 e. The molecule has 244 valence electrons. The fourth-order valence-corrected chi connectivity index (χ4v) is 5.54. The topological polar surface area (TPSA) is 146 Å².